The molecule has 2 atom stereocenters. The van der Waals surface area contributed by atoms with Crippen LogP contribution in [0.15, 0.2) is 18.2 Å². The molecule has 0 bridgehead atoms. The summed E-state index contributed by atoms with van der Waals surface area (Å²) < 4.78 is 0. The first kappa shape index (κ1) is 14.8. The Bertz CT molecular complexity index is 507. The number of benzene rings is 1. The molecule has 0 spiro atoms. The monoisotopic (exact) mass is 273 g/mol. The predicted molar refractivity (Wildman–Crippen MR) is 80.7 cm³/mol. The maximum absolute atomic E-state index is 9.94. The van der Waals surface area contributed by atoms with Crippen molar-refractivity contribution in [1.82, 2.24) is 4.90 Å². The number of nitriles is 1. The Hall–Kier alpha value is -1.57. The number of hydrogen-bond donors (Lipinski definition) is 1. The van der Waals surface area contributed by atoms with E-state index in [0.717, 1.165) is 37.4 Å². The smallest absolute Gasteiger partial charge is 0.0992 e. The number of hydrogen-bond acceptors (Lipinski definition) is 4. The van der Waals surface area contributed by atoms with Crippen LogP contribution in [0.3, 0.4) is 0 Å². The van der Waals surface area contributed by atoms with Crippen molar-refractivity contribution in [2.45, 2.75) is 32.9 Å². The van der Waals surface area contributed by atoms with E-state index in [4.69, 9.17) is 5.26 Å². The minimum absolute atomic E-state index is 0.487. The van der Waals surface area contributed by atoms with Crippen LogP contribution in [0.2, 0.25) is 0 Å². The van der Waals surface area contributed by atoms with Gasteiger partial charge >= 0.3 is 0 Å². The third-order valence-electron chi connectivity index (χ3n) is 4.12. The first-order chi connectivity index (χ1) is 9.56. The van der Waals surface area contributed by atoms with Gasteiger partial charge in [-0.05, 0) is 32.5 Å². The van der Waals surface area contributed by atoms with Crippen LogP contribution < -0.4 is 4.90 Å². The van der Waals surface area contributed by atoms with E-state index in [-0.39, 0.29) is 0 Å². The van der Waals surface area contributed by atoms with Crippen molar-refractivity contribution >= 4 is 5.69 Å². The van der Waals surface area contributed by atoms with Crippen molar-refractivity contribution < 1.29 is 5.11 Å². The van der Waals surface area contributed by atoms with Crippen LogP contribution in [0.5, 0.6) is 0 Å². The van der Waals surface area contributed by atoms with Gasteiger partial charge in [-0.25, -0.2) is 0 Å². The Morgan fingerprint density at radius 2 is 2.20 bits per heavy atom. The van der Waals surface area contributed by atoms with Crippen molar-refractivity contribution in [2.24, 2.45) is 0 Å². The van der Waals surface area contributed by atoms with E-state index in [2.05, 4.69) is 29.7 Å². The van der Waals surface area contributed by atoms with Gasteiger partial charge in [-0.2, -0.15) is 5.26 Å². The highest BCUT2D eigenvalue weighted by atomic mass is 16.3. The molecule has 1 aliphatic heterocycles. The second-order valence-corrected chi connectivity index (χ2v) is 5.48. The number of likely N-dealkylation sites (N-methyl/N-ethyl adjacent to an activating group) is 1. The van der Waals surface area contributed by atoms with Gasteiger partial charge in [-0.15, -0.1) is 0 Å². The lowest BCUT2D eigenvalue weighted by molar-refractivity contribution is 0.192. The molecule has 0 amide bonds. The van der Waals surface area contributed by atoms with E-state index in [1.807, 2.05) is 12.1 Å². The van der Waals surface area contributed by atoms with Crippen LogP contribution in [0, 0.1) is 11.3 Å². The Balaban J connectivity index is 2.30. The van der Waals surface area contributed by atoms with Gasteiger partial charge in [-0.3, -0.25) is 4.90 Å². The fourth-order valence-electron chi connectivity index (χ4n) is 2.92. The van der Waals surface area contributed by atoms with Crippen LogP contribution in [0.25, 0.3) is 0 Å². The Morgan fingerprint density at radius 3 is 2.75 bits per heavy atom. The van der Waals surface area contributed by atoms with E-state index in [9.17, 15) is 5.11 Å². The summed E-state index contributed by atoms with van der Waals surface area (Å²) in [5, 5.41) is 19.0. The molecule has 0 radical (unpaired) electrons. The molecule has 2 rings (SSSR count). The lowest BCUT2D eigenvalue weighted by Crippen LogP contribution is -2.52. The summed E-state index contributed by atoms with van der Waals surface area (Å²) in [5.74, 6) is 0. The van der Waals surface area contributed by atoms with Crippen LogP contribution in [0.4, 0.5) is 5.69 Å². The first-order valence-corrected chi connectivity index (χ1v) is 7.28. The van der Waals surface area contributed by atoms with Gasteiger partial charge in [0.2, 0.25) is 0 Å². The fraction of sp³-hybridized carbons (Fsp3) is 0.562. The molecule has 4 heteroatoms. The van der Waals surface area contributed by atoms with E-state index in [1.165, 1.54) is 0 Å². The van der Waals surface area contributed by atoms with E-state index in [1.54, 1.807) is 13.0 Å². The highest BCUT2D eigenvalue weighted by Crippen LogP contribution is 2.29. The summed E-state index contributed by atoms with van der Waals surface area (Å²) in [6.07, 6.45) is -0.516. The van der Waals surface area contributed by atoms with Crippen molar-refractivity contribution in [2.75, 3.05) is 31.1 Å². The molecule has 108 valence electrons. The molecule has 1 N–H and O–H groups in total. The summed E-state index contributed by atoms with van der Waals surface area (Å²) in [6.45, 7) is 10.1. The first-order valence-electron chi connectivity index (χ1n) is 7.28. The number of rotatable bonds is 3. The molecule has 1 fully saturated rings. The van der Waals surface area contributed by atoms with Crippen LogP contribution >= 0.6 is 0 Å². The van der Waals surface area contributed by atoms with E-state index < -0.39 is 6.10 Å². The zero-order valence-corrected chi connectivity index (χ0v) is 12.5. The summed E-state index contributed by atoms with van der Waals surface area (Å²) in [5.41, 5.74) is 2.55. The highest BCUT2D eigenvalue weighted by molar-refractivity contribution is 5.59. The van der Waals surface area contributed by atoms with Crippen molar-refractivity contribution in [3.63, 3.8) is 0 Å². The molecule has 1 saturated heterocycles. The Morgan fingerprint density at radius 1 is 1.45 bits per heavy atom. The zero-order chi connectivity index (χ0) is 14.7. The molecule has 20 heavy (non-hydrogen) atoms. The lowest BCUT2D eigenvalue weighted by Gasteiger charge is -2.41. The molecular weight excluding hydrogens is 250 g/mol. The second kappa shape index (κ2) is 6.25. The third kappa shape index (κ3) is 2.95. The molecule has 2 unspecified atom stereocenters. The normalized spacial score (nSPS) is 21.6. The predicted octanol–water partition coefficient (Wildman–Crippen LogP) is 2.14. The van der Waals surface area contributed by atoms with Gasteiger partial charge < -0.3 is 10.0 Å². The Kier molecular flexibility index (Phi) is 4.64. The molecule has 4 nitrogen and oxygen atoms in total. The molecule has 1 heterocycles. The molecule has 0 aromatic heterocycles. The SMILES string of the molecule is CCN1CCN(c2cc(C#N)ccc2C(C)O)CC1C. The lowest BCUT2D eigenvalue weighted by atomic mass is 10.0. The second-order valence-electron chi connectivity index (χ2n) is 5.48. The molecular formula is C16H23N3O. The molecule has 0 aliphatic carbocycles. The average Bonchev–Trinajstić information content (AvgIpc) is 2.46. The molecule has 1 aromatic rings. The van der Waals surface area contributed by atoms with Gasteiger partial charge in [0, 0.05) is 36.9 Å². The van der Waals surface area contributed by atoms with Crippen molar-refractivity contribution in [1.29, 1.82) is 5.26 Å². The van der Waals surface area contributed by atoms with Gasteiger partial charge in [0.1, 0.15) is 0 Å². The van der Waals surface area contributed by atoms with Crippen LogP contribution in [-0.2, 0) is 0 Å². The van der Waals surface area contributed by atoms with Gasteiger partial charge in [0.15, 0.2) is 0 Å². The average molecular weight is 273 g/mol. The Labute approximate surface area is 121 Å². The number of piperazine rings is 1. The van der Waals surface area contributed by atoms with Crippen molar-refractivity contribution in [3.8, 4) is 6.07 Å². The van der Waals surface area contributed by atoms with Gasteiger partial charge in [-0.1, -0.05) is 13.0 Å². The molecule has 0 saturated carbocycles. The standard InChI is InChI=1S/C16H23N3O/c1-4-18-7-8-19(11-12(18)2)16-9-14(10-17)5-6-15(16)13(3)20/h5-6,9,12-13,20H,4,7-8,11H2,1-3H3. The summed E-state index contributed by atoms with van der Waals surface area (Å²) in [4.78, 5) is 4.74. The quantitative estimate of drug-likeness (QED) is 0.916. The van der Waals surface area contributed by atoms with Gasteiger partial charge in [0.05, 0.1) is 17.7 Å². The zero-order valence-electron chi connectivity index (χ0n) is 12.5. The van der Waals surface area contributed by atoms with Crippen LogP contribution in [-0.4, -0.2) is 42.2 Å². The molecule has 1 aliphatic rings. The maximum atomic E-state index is 9.94. The molecule has 1 aromatic carbocycles. The number of aliphatic hydroxyl groups excluding tert-OH is 1. The van der Waals surface area contributed by atoms with Crippen molar-refractivity contribution in [3.05, 3.63) is 29.3 Å². The third-order valence-corrected chi connectivity index (χ3v) is 4.12. The highest BCUT2D eigenvalue weighted by Gasteiger charge is 2.24. The summed E-state index contributed by atoms with van der Waals surface area (Å²) in [6, 6.07) is 8.22. The minimum atomic E-state index is -0.516. The fourth-order valence-corrected chi connectivity index (χ4v) is 2.92. The van der Waals surface area contributed by atoms with Crippen LogP contribution in [0.1, 0.15) is 38.0 Å². The number of anilines is 1. The number of nitrogens with zero attached hydrogens (tertiary/aromatic N) is 3. The largest absolute Gasteiger partial charge is 0.389 e. The minimum Gasteiger partial charge on any atom is -0.389 e. The topological polar surface area (TPSA) is 50.5 Å². The maximum Gasteiger partial charge on any atom is 0.0992 e. The van der Waals surface area contributed by atoms with Gasteiger partial charge in [0.25, 0.3) is 0 Å². The van der Waals surface area contributed by atoms with E-state index in [0.29, 0.717) is 11.6 Å². The summed E-state index contributed by atoms with van der Waals surface area (Å²) >= 11 is 0. The number of aliphatic hydroxyl groups is 1. The summed E-state index contributed by atoms with van der Waals surface area (Å²) in [7, 11) is 0. The van der Waals surface area contributed by atoms with E-state index >= 15 is 0 Å².